The van der Waals surface area contributed by atoms with Gasteiger partial charge >= 0.3 is 0 Å². The van der Waals surface area contributed by atoms with E-state index in [9.17, 15) is 28.6 Å². The van der Waals surface area contributed by atoms with Crippen LogP contribution < -0.4 is 4.72 Å². The summed E-state index contributed by atoms with van der Waals surface area (Å²) in [7, 11) is -4.28. The molecule has 116 valence electrons. The Bertz CT molecular complexity index is 860. The zero-order valence-electron chi connectivity index (χ0n) is 10.9. The summed E-state index contributed by atoms with van der Waals surface area (Å²) < 4.78 is 26.5. The molecule has 0 fully saturated rings. The molecule has 1 aromatic heterocycles. The van der Waals surface area contributed by atoms with Crippen LogP contribution >= 0.6 is 11.3 Å². The topological polar surface area (TPSA) is 145 Å². The molecule has 22 heavy (non-hydrogen) atoms. The molecule has 0 unspecified atom stereocenters. The Morgan fingerprint density at radius 2 is 1.91 bits per heavy atom. The van der Waals surface area contributed by atoms with E-state index in [4.69, 9.17) is 0 Å². The van der Waals surface area contributed by atoms with Gasteiger partial charge in [-0.25, -0.2) is 13.4 Å². The van der Waals surface area contributed by atoms with E-state index in [0.717, 1.165) is 23.5 Å². The molecule has 12 heteroatoms. The molecule has 1 aromatic carbocycles. The lowest BCUT2D eigenvalue weighted by atomic mass is 10.3. The third-order valence-electron chi connectivity index (χ3n) is 2.48. The number of rotatable bonds is 5. The molecule has 1 N–H and O–H groups in total. The van der Waals surface area contributed by atoms with Crippen LogP contribution in [0.1, 0.15) is 5.69 Å². The van der Waals surface area contributed by atoms with Crippen molar-refractivity contribution in [2.24, 2.45) is 0 Å². The number of anilines is 1. The van der Waals surface area contributed by atoms with E-state index in [1.165, 1.54) is 0 Å². The van der Waals surface area contributed by atoms with Crippen molar-refractivity contribution in [1.29, 1.82) is 0 Å². The Morgan fingerprint density at radius 3 is 2.41 bits per heavy atom. The quantitative estimate of drug-likeness (QED) is 0.645. The second-order valence-electron chi connectivity index (χ2n) is 4.07. The molecule has 0 aliphatic heterocycles. The van der Waals surface area contributed by atoms with E-state index in [1.807, 2.05) is 0 Å². The van der Waals surface area contributed by atoms with Gasteiger partial charge in [0, 0.05) is 11.4 Å². The molecular weight excluding hydrogens is 336 g/mol. The largest absolute Gasteiger partial charge is 0.296 e. The number of hydrogen-bond acceptors (Lipinski definition) is 8. The van der Waals surface area contributed by atoms with Gasteiger partial charge < -0.3 is 0 Å². The third-order valence-corrected chi connectivity index (χ3v) is 4.87. The second-order valence-corrected chi connectivity index (χ2v) is 6.57. The summed E-state index contributed by atoms with van der Waals surface area (Å²) in [5, 5.41) is 23.3. The normalized spacial score (nSPS) is 11.1. The molecule has 0 spiro atoms. The van der Waals surface area contributed by atoms with Crippen molar-refractivity contribution in [3.8, 4) is 0 Å². The van der Waals surface area contributed by atoms with E-state index < -0.39 is 36.1 Å². The number of benzene rings is 1. The lowest BCUT2D eigenvalue weighted by molar-refractivity contribution is -0.396. The molecule has 0 saturated carbocycles. The highest BCUT2D eigenvalue weighted by molar-refractivity contribution is 7.93. The Kier molecular flexibility index (Phi) is 4.05. The number of nitro groups is 2. The molecule has 1 heterocycles. The number of aryl methyl sites for hydroxylation is 1. The highest BCUT2D eigenvalue weighted by atomic mass is 32.2. The number of hydrogen-bond donors (Lipinski definition) is 1. The number of non-ortho nitro benzene ring substituents is 1. The molecule has 0 aliphatic carbocycles. The van der Waals surface area contributed by atoms with Gasteiger partial charge in [0.15, 0.2) is 10.0 Å². The fourth-order valence-electron chi connectivity index (χ4n) is 1.56. The maximum absolute atomic E-state index is 12.2. The number of sulfonamides is 1. The summed E-state index contributed by atoms with van der Waals surface area (Å²) in [6, 6.07) is 2.30. The van der Waals surface area contributed by atoms with E-state index in [0.29, 0.717) is 11.8 Å². The van der Waals surface area contributed by atoms with Crippen LogP contribution in [-0.4, -0.2) is 23.2 Å². The van der Waals surface area contributed by atoms with Crippen molar-refractivity contribution in [3.63, 3.8) is 0 Å². The predicted octanol–water partition coefficient (Wildman–Crippen LogP) is 2.07. The van der Waals surface area contributed by atoms with Crippen molar-refractivity contribution in [3.05, 3.63) is 49.5 Å². The van der Waals surface area contributed by atoms with Crippen molar-refractivity contribution in [1.82, 2.24) is 4.98 Å². The molecule has 10 nitrogen and oxygen atoms in total. The minimum Gasteiger partial charge on any atom is -0.258 e. The smallest absolute Gasteiger partial charge is 0.258 e. The number of nitrogens with zero attached hydrogens (tertiary/aromatic N) is 3. The lowest BCUT2D eigenvalue weighted by Crippen LogP contribution is -2.14. The molecule has 0 atom stereocenters. The first-order valence-corrected chi connectivity index (χ1v) is 7.95. The lowest BCUT2D eigenvalue weighted by Gasteiger charge is -2.05. The Balaban J connectivity index is 2.50. The first-order valence-electron chi connectivity index (χ1n) is 5.58. The molecular formula is C10H8N4O6S2. The van der Waals surface area contributed by atoms with Gasteiger partial charge in [0.2, 0.25) is 0 Å². The fourth-order valence-corrected chi connectivity index (χ4v) is 3.65. The van der Waals surface area contributed by atoms with Crippen LogP contribution in [-0.2, 0) is 10.0 Å². The van der Waals surface area contributed by atoms with Crippen LogP contribution in [0, 0.1) is 27.2 Å². The minimum atomic E-state index is -4.28. The summed E-state index contributed by atoms with van der Waals surface area (Å²) in [6.45, 7) is 1.66. The Labute approximate surface area is 127 Å². The highest BCUT2D eigenvalue weighted by Crippen LogP contribution is 2.30. The molecule has 0 radical (unpaired) electrons. The summed E-state index contributed by atoms with van der Waals surface area (Å²) in [5.41, 5.74) is -0.869. The van der Waals surface area contributed by atoms with Crippen LogP contribution in [0.3, 0.4) is 0 Å². The molecule has 0 saturated heterocycles. The van der Waals surface area contributed by atoms with Gasteiger partial charge in [0.1, 0.15) is 0 Å². The zero-order chi connectivity index (χ0) is 16.5. The van der Waals surface area contributed by atoms with Gasteiger partial charge in [-0.2, -0.15) is 0 Å². The average molecular weight is 344 g/mol. The first kappa shape index (κ1) is 15.8. The maximum atomic E-state index is 12.2. The standard InChI is InChI=1S/C10H8N4O6S2/c1-6-5-21-10(11-6)12-22(19,20)9-3-2-7(13(15)16)4-8(9)14(17)18/h2-5H,1H3,(H,11,12). The predicted molar refractivity (Wildman–Crippen MR) is 77.4 cm³/mol. The molecule has 0 aliphatic rings. The molecule has 0 bridgehead atoms. The van der Waals surface area contributed by atoms with E-state index in [1.54, 1.807) is 12.3 Å². The van der Waals surface area contributed by atoms with Crippen molar-refractivity contribution in [2.45, 2.75) is 11.8 Å². The molecule has 2 rings (SSSR count). The van der Waals surface area contributed by atoms with Gasteiger partial charge in [-0.05, 0) is 13.0 Å². The van der Waals surface area contributed by atoms with Gasteiger partial charge in [-0.1, -0.05) is 0 Å². The average Bonchev–Trinajstić information content (AvgIpc) is 2.82. The van der Waals surface area contributed by atoms with Crippen LogP contribution in [0.15, 0.2) is 28.5 Å². The van der Waals surface area contributed by atoms with Crippen LogP contribution in [0.25, 0.3) is 0 Å². The van der Waals surface area contributed by atoms with E-state index >= 15 is 0 Å². The maximum Gasteiger partial charge on any atom is 0.296 e. The van der Waals surface area contributed by atoms with Crippen LogP contribution in [0.2, 0.25) is 0 Å². The first-order chi connectivity index (χ1) is 10.2. The summed E-state index contributed by atoms with van der Waals surface area (Å²) in [4.78, 5) is 23.0. The third kappa shape index (κ3) is 3.17. The number of thiazole rings is 1. The van der Waals surface area contributed by atoms with Crippen LogP contribution in [0.4, 0.5) is 16.5 Å². The highest BCUT2D eigenvalue weighted by Gasteiger charge is 2.29. The molecule has 0 amide bonds. The molecule has 2 aromatic rings. The monoisotopic (exact) mass is 344 g/mol. The Hall–Kier alpha value is -2.60. The van der Waals surface area contributed by atoms with Crippen LogP contribution in [0.5, 0.6) is 0 Å². The van der Waals surface area contributed by atoms with Gasteiger partial charge in [-0.15, -0.1) is 11.3 Å². The summed E-state index contributed by atoms with van der Waals surface area (Å²) in [5.74, 6) is 0. The minimum absolute atomic E-state index is 0.0464. The summed E-state index contributed by atoms with van der Waals surface area (Å²) >= 11 is 1.01. The van der Waals surface area contributed by atoms with Crippen molar-refractivity contribution in [2.75, 3.05) is 4.72 Å². The summed E-state index contributed by atoms with van der Waals surface area (Å²) in [6.07, 6.45) is 0. The number of aromatic nitrogens is 1. The number of nitro benzene ring substituents is 2. The fraction of sp³-hybridized carbons (Fsp3) is 0.100. The second kappa shape index (κ2) is 5.65. The number of nitrogens with one attached hydrogen (secondary N) is 1. The van der Waals surface area contributed by atoms with Gasteiger partial charge in [0.05, 0.1) is 21.6 Å². The Morgan fingerprint density at radius 1 is 1.23 bits per heavy atom. The van der Waals surface area contributed by atoms with E-state index in [-0.39, 0.29) is 5.13 Å². The zero-order valence-corrected chi connectivity index (χ0v) is 12.6. The SMILES string of the molecule is Cc1csc(NS(=O)(=O)c2ccc([N+](=O)[O-])cc2[N+](=O)[O-])n1. The van der Waals surface area contributed by atoms with Crippen molar-refractivity contribution >= 4 is 37.9 Å². The van der Waals surface area contributed by atoms with Gasteiger partial charge in [-0.3, -0.25) is 25.0 Å². The van der Waals surface area contributed by atoms with Crippen molar-refractivity contribution < 1.29 is 18.3 Å². The van der Waals surface area contributed by atoms with E-state index in [2.05, 4.69) is 9.71 Å². The van der Waals surface area contributed by atoms with Gasteiger partial charge in [0.25, 0.3) is 21.4 Å².